The van der Waals surface area contributed by atoms with E-state index in [2.05, 4.69) is 11.4 Å². The van der Waals surface area contributed by atoms with E-state index in [0.717, 1.165) is 28.9 Å². The Morgan fingerprint density at radius 1 is 1.25 bits per heavy atom. The van der Waals surface area contributed by atoms with Crippen molar-refractivity contribution in [3.63, 3.8) is 0 Å². The van der Waals surface area contributed by atoms with Crippen molar-refractivity contribution in [1.29, 1.82) is 0 Å². The second kappa shape index (κ2) is 5.84. The summed E-state index contributed by atoms with van der Waals surface area (Å²) in [5.41, 5.74) is 1.72. The molecule has 0 saturated carbocycles. The maximum atomic E-state index is 14.0. The SMILES string of the molecule is CNC(c1cc2c(s1)CCSC2)c1cc(F)ccc1F. The van der Waals surface area contributed by atoms with Gasteiger partial charge in [0.05, 0.1) is 6.04 Å². The molecule has 1 aliphatic heterocycles. The fourth-order valence-corrected chi connectivity index (χ4v) is 5.00. The van der Waals surface area contributed by atoms with E-state index in [4.69, 9.17) is 0 Å². The molecule has 3 rings (SSSR count). The van der Waals surface area contributed by atoms with Crippen LogP contribution in [-0.4, -0.2) is 12.8 Å². The Hall–Kier alpha value is -0.910. The summed E-state index contributed by atoms with van der Waals surface area (Å²) in [6, 6.07) is 5.48. The molecule has 0 spiro atoms. The summed E-state index contributed by atoms with van der Waals surface area (Å²) >= 11 is 3.64. The maximum absolute atomic E-state index is 14.0. The number of hydrogen-bond donors (Lipinski definition) is 1. The summed E-state index contributed by atoms with van der Waals surface area (Å²) in [7, 11) is 1.78. The van der Waals surface area contributed by atoms with Crippen LogP contribution in [-0.2, 0) is 12.2 Å². The van der Waals surface area contributed by atoms with Gasteiger partial charge < -0.3 is 5.32 Å². The lowest BCUT2D eigenvalue weighted by Crippen LogP contribution is -2.18. The molecule has 1 nitrogen and oxygen atoms in total. The molecule has 20 heavy (non-hydrogen) atoms. The molecule has 0 aliphatic carbocycles. The Balaban J connectivity index is 2.01. The van der Waals surface area contributed by atoms with Gasteiger partial charge in [-0.1, -0.05) is 0 Å². The molecule has 2 heterocycles. The molecule has 0 amide bonds. The molecule has 1 aliphatic rings. The van der Waals surface area contributed by atoms with E-state index < -0.39 is 5.82 Å². The smallest absolute Gasteiger partial charge is 0.128 e. The number of thiophene rings is 1. The number of aryl methyl sites for hydroxylation is 1. The Morgan fingerprint density at radius 3 is 2.85 bits per heavy atom. The molecule has 1 aromatic carbocycles. The Morgan fingerprint density at radius 2 is 2.10 bits per heavy atom. The van der Waals surface area contributed by atoms with Gasteiger partial charge in [0, 0.05) is 21.1 Å². The monoisotopic (exact) mass is 311 g/mol. The summed E-state index contributed by atoms with van der Waals surface area (Å²) in [6.45, 7) is 0. The molecule has 1 atom stereocenters. The second-order valence-electron chi connectivity index (χ2n) is 4.79. The fourth-order valence-electron chi connectivity index (χ4n) is 2.50. The van der Waals surface area contributed by atoms with Crippen LogP contribution in [0.25, 0.3) is 0 Å². The highest BCUT2D eigenvalue weighted by Gasteiger charge is 2.22. The lowest BCUT2D eigenvalue weighted by molar-refractivity contribution is 0.560. The highest BCUT2D eigenvalue weighted by atomic mass is 32.2. The normalized spacial score (nSPS) is 15.9. The molecule has 1 unspecified atom stereocenters. The van der Waals surface area contributed by atoms with Gasteiger partial charge in [-0.15, -0.1) is 11.3 Å². The number of thioether (sulfide) groups is 1. The first-order chi connectivity index (χ1) is 9.69. The summed E-state index contributed by atoms with van der Waals surface area (Å²) in [5.74, 6) is 1.39. The van der Waals surface area contributed by atoms with Crippen LogP contribution >= 0.6 is 23.1 Å². The van der Waals surface area contributed by atoms with Gasteiger partial charge in [-0.25, -0.2) is 8.78 Å². The third-order valence-corrected chi connectivity index (χ3v) is 5.80. The van der Waals surface area contributed by atoms with Crippen LogP contribution in [0.4, 0.5) is 8.78 Å². The molecule has 2 aromatic rings. The van der Waals surface area contributed by atoms with Gasteiger partial charge in [0.15, 0.2) is 0 Å². The van der Waals surface area contributed by atoms with Crippen molar-refractivity contribution >= 4 is 23.1 Å². The highest BCUT2D eigenvalue weighted by Crippen LogP contribution is 2.37. The van der Waals surface area contributed by atoms with E-state index >= 15 is 0 Å². The van der Waals surface area contributed by atoms with E-state index in [-0.39, 0.29) is 11.9 Å². The molecule has 106 valence electrons. The van der Waals surface area contributed by atoms with Crippen molar-refractivity contribution in [2.45, 2.75) is 18.2 Å². The predicted molar refractivity (Wildman–Crippen MR) is 81.4 cm³/mol. The van der Waals surface area contributed by atoms with Crippen LogP contribution in [0.2, 0.25) is 0 Å². The number of benzene rings is 1. The van der Waals surface area contributed by atoms with Crippen molar-refractivity contribution < 1.29 is 8.78 Å². The second-order valence-corrected chi connectivity index (χ2v) is 7.06. The van der Waals surface area contributed by atoms with Crippen molar-refractivity contribution in [1.82, 2.24) is 5.32 Å². The average Bonchev–Trinajstić information content (AvgIpc) is 2.87. The van der Waals surface area contributed by atoms with Crippen LogP contribution in [0.15, 0.2) is 24.3 Å². The lowest BCUT2D eigenvalue weighted by atomic mass is 10.0. The van der Waals surface area contributed by atoms with Crippen LogP contribution in [0.3, 0.4) is 0 Å². The quantitative estimate of drug-likeness (QED) is 0.915. The van der Waals surface area contributed by atoms with Crippen molar-refractivity contribution in [3.8, 4) is 0 Å². The van der Waals surface area contributed by atoms with Gasteiger partial charge >= 0.3 is 0 Å². The van der Waals surface area contributed by atoms with E-state index in [1.807, 2.05) is 11.8 Å². The van der Waals surface area contributed by atoms with E-state index in [9.17, 15) is 8.78 Å². The van der Waals surface area contributed by atoms with Gasteiger partial charge in [-0.05, 0) is 49.1 Å². The molecule has 1 N–H and O–H groups in total. The van der Waals surface area contributed by atoms with Gasteiger partial charge in [-0.3, -0.25) is 0 Å². The third kappa shape index (κ3) is 2.62. The van der Waals surface area contributed by atoms with Crippen LogP contribution in [0, 0.1) is 11.6 Å². The summed E-state index contributed by atoms with van der Waals surface area (Å²) in [6.07, 6.45) is 1.08. The molecule has 0 radical (unpaired) electrons. The van der Waals surface area contributed by atoms with Crippen molar-refractivity contribution in [2.75, 3.05) is 12.8 Å². The van der Waals surface area contributed by atoms with Gasteiger partial charge in [0.2, 0.25) is 0 Å². The van der Waals surface area contributed by atoms with Crippen LogP contribution < -0.4 is 5.32 Å². The number of fused-ring (bicyclic) bond motifs is 1. The van der Waals surface area contributed by atoms with Gasteiger partial charge in [0.25, 0.3) is 0 Å². The average molecular weight is 311 g/mol. The Bertz CT molecular complexity index is 601. The molecule has 0 fully saturated rings. The van der Waals surface area contributed by atoms with Gasteiger partial charge in [-0.2, -0.15) is 11.8 Å². The van der Waals surface area contributed by atoms with Crippen LogP contribution in [0.1, 0.15) is 26.9 Å². The van der Waals surface area contributed by atoms with Crippen molar-refractivity contribution in [2.24, 2.45) is 0 Å². The van der Waals surface area contributed by atoms with Crippen molar-refractivity contribution in [3.05, 3.63) is 56.8 Å². The molecule has 0 bridgehead atoms. The van der Waals surface area contributed by atoms with E-state index in [1.165, 1.54) is 22.6 Å². The zero-order valence-electron chi connectivity index (χ0n) is 11.1. The van der Waals surface area contributed by atoms with Gasteiger partial charge in [0.1, 0.15) is 11.6 Å². The first kappa shape index (κ1) is 14.0. The molecule has 1 aromatic heterocycles. The summed E-state index contributed by atoms with van der Waals surface area (Å²) in [5, 5.41) is 3.11. The Kier molecular flexibility index (Phi) is 4.10. The topological polar surface area (TPSA) is 12.0 Å². The highest BCUT2D eigenvalue weighted by molar-refractivity contribution is 7.98. The number of halogens is 2. The van der Waals surface area contributed by atoms with E-state index in [1.54, 1.807) is 18.4 Å². The zero-order chi connectivity index (χ0) is 14.1. The fraction of sp³-hybridized carbons (Fsp3) is 0.333. The molecule has 5 heteroatoms. The largest absolute Gasteiger partial charge is 0.309 e. The van der Waals surface area contributed by atoms with E-state index in [0.29, 0.717) is 5.56 Å². The molecule has 0 saturated heterocycles. The third-order valence-electron chi connectivity index (χ3n) is 3.49. The standard InChI is InChI=1S/C15H15F2NS2/c1-18-15(11-7-10(16)2-3-12(11)17)14-6-9-8-19-5-4-13(9)20-14/h2-3,6-7,15,18H,4-5,8H2,1H3. The summed E-state index contributed by atoms with van der Waals surface area (Å²) in [4.78, 5) is 2.44. The minimum Gasteiger partial charge on any atom is -0.309 e. The number of nitrogens with one attached hydrogen (secondary N) is 1. The zero-order valence-corrected chi connectivity index (χ0v) is 12.7. The first-order valence-electron chi connectivity index (χ1n) is 6.50. The first-order valence-corrected chi connectivity index (χ1v) is 8.47. The summed E-state index contributed by atoms with van der Waals surface area (Å²) < 4.78 is 27.4. The molecular formula is C15H15F2NS2. The number of hydrogen-bond acceptors (Lipinski definition) is 3. The minimum absolute atomic E-state index is 0.286. The lowest BCUT2D eigenvalue weighted by Gasteiger charge is -2.16. The van der Waals surface area contributed by atoms with Crippen LogP contribution in [0.5, 0.6) is 0 Å². The minimum atomic E-state index is -0.404. The Labute approximate surface area is 125 Å². The predicted octanol–water partition coefficient (Wildman–Crippen LogP) is 4.12. The maximum Gasteiger partial charge on any atom is 0.128 e. The number of rotatable bonds is 3. The molecular weight excluding hydrogens is 296 g/mol.